The minimum absolute atomic E-state index is 0.156. The number of nitrogens with one attached hydrogen (secondary N) is 2. The van der Waals surface area contributed by atoms with Crippen LogP contribution in [0.4, 0.5) is 22.0 Å². The molecule has 4 N–H and O–H groups in total. The second kappa shape index (κ2) is 10.9. The lowest BCUT2D eigenvalue weighted by Gasteiger charge is -2.18. The summed E-state index contributed by atoms with van der Waals surface area (Å²) in [5.41, 5.74) is 11.8. The highest BCUT2D eigenvalue weighted by Gasteiger charge is 2.28. The van der Waals surface area contributed by atoms with E-state index in [4.69, 9.17) is 5.73 Å². The largest absolute Gasteiger partial charge is 0.383 e. The number of likely N-dealkylation sites (tertiary alicyclic amines) is 1. The van der Waals surface area contributed by atoms with Gasteiger partial charge in [-0.05, 0) is 47.9 Å². The minimum atomic E-state index is -0.314. The molecular weight excluding hydrogens is 492 g/mol. The Morgan fingerprint density at radius 1 is 1.00 bits per heavy atom. The molecule has 200 valence electrons. The SMILES string of the molecule is CN(C)c1ccc(-c2cccc(NC(=O)N3CC[C@@H](NC(=O)c4cc(-c5cnn(C)c5)cnc4N)C3)c2)cc1. The molecule has 2 aromatic carbocycles. The average Bonchev–Trinajstić information content (AvgIpc) is 3.58. The lowest BCUT2D eigenvalue weighted by molar-refractivity contribution is 0.0938. The summed E-state index contributed by atoms with van der Waals surface area (Å²) in [6.45, 7) is 0.935. The third-order valence-electron chi connectivity index (χ3n) is 6.84. The van der Waals surface area contributed by atoms with Gasteiger partial charge in [-0.15, -0.1) is 0 Å². The Hall–Kier alpha value is -4.86. The normalized spacial score (nSPS) is 14.7. The van der Waals surface area contributed by atoms with E-state index in [2.05, 4.69) is 49.9 Å². The molecule has 10 heteroatoms. The van der Waals surface area contributed by atoms with Crippen molar-refractivity contribution >= 4 is 29.1 Å². The van der Waals surface area contributed by atoms with Crippen LogP contribution in [0.5, 0.6) is 0 Å². The number of nitrogen functional groups attached to an aromatic ring is 1. The molecule has 4 aromatic rings. The van der Waals surface area contributed by atoms with Gasteiger partial charge in [0.1, 0.15) is 5.82 Å². The zero-order valence-corrected chi connectivity index (χ0v) is 22.3. The minimum Gasteiger partial charge on any atom is -0.383 e. The number of carbonyl (C=O) groups is 2. The van der Waals surface area contributed by atoms with Crippen LogP contribution in [0.15, 0.2) is 73.2 Å². The molecule has 1 aliphatic heterocycles. The Labute approximate surface area is 227 Å². The van der Waals surface area contributed by atoms with Crippen LogP contribution in [0.2, 0.25) is 0 Å². The molecule has 2 aromatic heterocycles. The second-order valence-electron chi connectivity index (χ2n) is 9.92. The van der Waals surface area contributed by atoms with Crippen LogP contribution >= 0.6 is 0 Å². The Morgan fingerprint density at radius 3 is 2.51 bits per heavy atom. The van der Waals surface area contributed by atoms with Crippen LogP contribution in [-0.2, 0) is 7.05 Å². The lowest BCUT2D eigenvalue weighted by atomic mass is 10.0. The van der Waals surface area contributed by atoms with Gasteiger partial charge >= 0.3 is 6.03 Å². The van der Waals surface area contributed by atoms with E-state index in [0.29, 0.717) is 30.8 Å². The predicted octanol–water partition coefficient (Wildman–Crippen LogP) is 3.83. The molecule has 1 atom stereocenters. The second-order valence-corrected chi connectivity index (χ2v) is 9.92. The lowest BCUT2D eigenvalue weighted by Crippen LogP contribution is -2.40. The highest BCUT2D eigenvalue weighted by Crippen LogP contribution is 2.26. The first kappa shape index (κ1) is 25.8. The molecule has 0 unspecified atom stereocenters. The van der Waals surface area contributed by atoms with Gasteiger partial charge in [0, 0.05) is 75.2 Å². The van der Waals surface area contributed by atoms with Crippen molar-refractivity contribution in [2.45, 2.75) is 12.5 Å². The maximum atomic E-state index is 13.0. The topological polar surface area (TPSA) is 121 Å². The van der Waals surface area contributed by atoms with Gasteiger partial charge in [-0.1, -0.05) is 24.3 Å². The molecule has 1 saturated heterocycles. The van der Waals surface area contributed by atoms with Crippen LogP contribution in [0, 0.1) is 0 Å². The molecule has 1 aliphatic rings. The van der Waals surface area contributed by atoms with Gasteiger partial charge in [0.15, 0.2) is 0 Å². The maximum Gasteiger partial charge on any atom is 0.321 e. The number of carbonyl (C=O) groups excluding carboxylic acids is 2. The summed E-state index contributed by atoms with van der Waals surface area (Å²) in [5, 5.41) is 10.2. The Morgan fingerprint density at radius 2 is 1.79 bits per heavy atom. The Balaban J connectivity index is 1.20. The van der Waals surface area contributed by atoms with Crippen molar-refractivity contribution in [1.29, 1.82) is 0 Å². The van der Waals surface area contributed by atoms with E-state index in [1.165, 1.54) is 0 Å². The number of nitrogens with zero attached hydrogens (tertiary/aromatic N) is 5. The molecule has 0 aliphatic carbocycles. The van der Waals surface area contributed by atoms with Crippen LogP contribution in [0.1, 0.15) is 16.8 Å². The predicted molar refractivity (Wildman–Crippen MR) is 154 cm³/mol. The molecule has 39 heavy (non-hydrogen) atoms. The van der Waals surface area contributed by atoms with Gasteiger partial charge in [-0.25, -0.2) is 9.78 Å². The van der Waals surface area contributed by atoms with E-state index >= 15 is 0 Å². The number of aromatic nitrogens is 3. The number of rotatable bonds is 6. The highest BCUT2D eigenvalue weighted by atomic mass is 16.2. The first-order valence-electron chi connectivity index (χ1n) is 12.8. The zero-order valence-electron chi connectivity index (χ0n) is 22.3. The monoisotopic (exact) mass is 524 g/mol. The number of benzene rings is 2. The summed E-state index contributed by atoms with van der Waals surface area (Å²) in [7, 11) is 5.84. The van der Waals surface area contributed by atoms with Crippen molar-refractivity contribution in [2.75, 3.05) is 43.1 Å². The Kier molecular flexibility index (Phi) is 7.18. The van der Waals surface area contributed by atoms with Crippen LogP contribution in [0.3, 0.4) is 0 Å². The quantitative estimate of drug-likeness (QED) is 0.352. The van der Waals surface area contributed by atoms with Crippen LogP contribution in [-0.4, -0.2) is 64.8 Å². The van der Waals surface area contributed by atoms with Crippen molar-refractivity contribution in [2.24, 2.45) is 7.05 Å². The summed E-state index contributed by atoms with van der Waals surface area (Å²) in [4.78, 5) is 34.0. The smallest absolute Gasteiger partial charge is 0.321 e. The first-order chi connectivity index (χ1) is 18.8. The van der Waals surface area contributed by atoms with E-state index in [0.717, 1.165) is 27.9 Å². The fourth-order valence-electron chi connectivity index (χ4n) is 4.64. The number of anilines is 3. The van der Waals surface area contributed by atoms with Crippen molar-refractivity contribution in [1.82, 2.24) is 25.0 Å². The summed E-state index contributed by atoms with van der Waals surface area (Å²) >= 11 is 0. The van der Waals surface area contributed by atoms with E-state index in [-0.39, 0.29) is 23.8 Å². The molecule has 0 bridgehead atoms. The van der Waals surface area contributed by atoms with Crippen LogP contribution in [0.25, 0.3) is 22.3 Å². The number of hydrogen-bond donors (Lipinski definition) is 3. The molecule has 0 radical (unpaired) electrons. The van der Waals surface area contributed by atoms with E-state index in [1.54, 1.807) is 28.0 Å². The summed E-state index contributed by atoms with van der Waals surface area (Å²) in [6.07, 6.45) is 5.82. The number of pyridine rings is 1. The summed E-state index contributed by atoms with van der Waals surface area (Å²) in [5.74, 6) is -0.157. The standard InChI is InChI=1S/C29H32N8O2/c1-35(2)25-9-7-19(8-10-25)20-5-4-6-23(13-20)34-29(39)37-12-11-24(18-37)33-28(38)26-14-21(15-31-27(26)30)22-16-32-36(3)17-22/h4-10,13-17,24H,11-12,18H2,1-3H3,(H2,30,31)(H,33,38)(H,34,39)/t24-/m1/s1. The fraction of sp³-hybridized carbons (Fsp3) is 0.241. The van der Waals surface area contributed by atoms with Crippen molar-refractivity contribution in [3.05, 3.63) is 78.8 Å². The van der Waals surface area contributed by atoms with E-state index in [1.807, 2.05) is 51.6 Å². The van der Waals surface area contributed by atoms with Gasteiger partial charge < -0.3 is 26.2 Å². The fourth-order valence-corrected chi connectivity index (χ4v) is 4.64. The third kappa shape index (κ3) is 5.85. The van der Waals surface area contributed by atoms with Crippen molar-refractivity contribution < 1.29 is 9.59 Å². The number of aryl methyl sites for hydroxylation is 1. The summed E-state index contributed by atoms with van der Waals surface area (Å²) in [6, 6.07) is 17.4. The number of hydrogen-bond acceptors (Lipinski definition) is 6. The number of amides is 3. The Bertz CT molecular complexity index is 1500. The van der Waals surface area contributed by atoms with E-state index in [9.17, 15) is 9.59 Å². The molecule has 0 saturated carbocycles. The highest BCUT2D eigenvalue weighted by molar-refractivity contribution is 5.99. The molecule has 0 spiro atoms. The van der Waals surface area contributed by atoms with Gasteiger partial charge in [0.2, 0.25) is 0 Å². The molecule has 3 amide bonds. The average molecular weight is 525 g/mol. The van der Waals surface area contributed by atoms with E-state index < -0.39 is 0 Å². The summed E-state index contributed by atoms with van der Waals surface area (Å²) < 4.78 is 1.68. The molecular formula is C29H32N8O2. The van der Waals surface area contributed by atoms with Crippen molar-refractivity contribution in [3.8, 4) is 22.3 Å². The number of nitrogens with two attached hydrogens (primary N) is 1. The van der Waals surface area contributed by atoms with Gasteiger partial charge in [0.25, 0.3) is 5.91 Å². The van der Waals surface area contributed by atoms with Gasteiger partial charge in [-0.3, -0.25) is 9.48 Å². The van der Waals surface area contributed by atoms with Crippen LogP contribution < -0.4 is 21.3 Å². The van der Waals surface area contributed by atoms with Gasteiger partial charge in [-0.2, -0.15) is 5.10 Å². The molecule has 10 nitrogen and oxygen atoms in total. The zero-order chi connectivity index (χ0) is 27.5. The van der Waals surface area contributed by atoms with Crippen molar-refractivity contribution in [3.63, 3.8) is 0 Å². The maximum absolute atomic E-state index is 13.0. The third-order valence-corrected chi connectivity index (χ3v) is 6.84. The first-order valence-corrected chi connectivity index (χ1v) is 12.8. The molecule has 3 heterocycles. The number of urea groups is 1. The molecule has 5 rings (SSSR count). The molecule has 1 fully saturated rings. The van der Waals surface area contributed by atoms with Gasteiger partial charge in [0.05, 0.1) is 11.8 Å².